The van der Waals surface area contributed by atoms with Crippen LogP contribution in [0.25, 0.3) is 0 Å². The van der Waals surface area contributed by atoms with Crippen LogP contribution < -0.4 is 10.1 Å². The first-order chi connectivity index (χ1) is 10.6. The third kappa shape index (κ3) is 4.69. The van der Waals surface area contributed by atoms with Gasteiger partial charge in [0, 0.05) is 19.6 Å². The van der Waals surface area contributed by atoms with Crippen molar-refractivity contribution >= 4 is 10.0 Å². The summed E-state index contributed by atoms with van der Waals surface area (Å²) in [4.78, 5) is 0.343. The molecule has 22 heavy (non-hydrogen) atoms. The highest BCUT2D eigenvalue weighted by atomic mass is 32.2. The molecule has 5 nitrogen and oxygen atoms in total. The van der Waals surface area contributed by atoms with Crippen LogP contribution in [0.15, 0.2) is 29.2 Å². The highest BCUT2D eigenvalue weighted by Crippen LogP contribution is 2.20. The summed E-state index contributed by atoms with van der Waals surface area (Å²) in [5.74, 6) is 0.729. The minimum absolute atomic E-state index is 0.343. The van der Waals surface area contributed by atoms with Crippen molar-refractivity contribution in [2.75, 3.05) is 32.8 Å². The standard InChI is InChI=1S/C16H26N2O3S/c1-2-3-4-14-21-15-6-8-16(9-7-15)22(19,20)18-12-5-10-17-11-13-18/h6-9,17H,2-5,10-14H2,1H3. The van der Waals surface area contributed by atoms with Gasteiger partial charge in [-0.2, -0.15) is 4.31 Å². The maximum Gasteiger partial charge on any atom is 0.243 e. The van der Waals surface area contributed by atoms with E-state index in [2.05, 4.69) is 12.2 Å². The Balaban J connectivity index is 1.98. The summed E-state index contributed by atoms with van der Waals surface area (Å²) >= 11 is 0. The number of unbranched alkanes of at least 4 members (excludes halogenated alkanes) is 2. The van der Waals surface area contributed by atoms with Crippen molar-refractivity contribution in [2.45, 2.75) is 37.5 Å². The third-order valence-electron chi connectivity index (χ3n) is 3.78. The summed E-state index contributed by atoms with van der Waals surface area (Å²) in [7, 11) is -3.39. The molecule has 1 heterocycles. The average molecular weight is 326 g/mol. The van der Waals surface area contributed by atoms with E-state index < -0.39 is 10.0 Å². The Morgan fingerprint density at radius 3 is 2.64 bits per heavy atom. The molecule has 1 aromatic carbocycles. The number of ether oxygens (including phenoxy) is 1. The van der Waals surface area contributed by atoms with Crippen molar-refractivity contribution in [3.05, 3.63) is 24.3 Å². The molecule has 124 valence electrons. The molecule has 0 unspecified atom stereocenters. The number of benzene rings is 1. The smallest absolute Gasteiger partial charge is 0.243 e. The quantitative estimate of drug-likeness (QED) is 0.781. The lowest BCUT2D eigenvalue weighted by atomic mass is 10.3. The van der Waals surface area contributed by atoms with E-state index >= 15 is 0 Å². The summed E-state index contributed by atoms with van der Waals surface area (Å²) < 4.78 is 32.4. The van der Waals surface area contributed by atoms with Crippen LogP contribution in [0.2, 0.25) is 0 Å². The summed E-state index contributed by atoms with van der Waals surface area (Å²) in [6.07, 6.45) is 4.18. The summed E-state index contributed by atoms with van der Waals surface area (Å²) in [6, 6.07) is 6.77. The van der Waals surface area contributed by atoms with Gasteiger partial charge in [0.05, 0.1) is 11.5 Å². The van der Waals surface area contributed by atoms with Crippen molar-refractivity contribution in [1.82, 2.24) is 9.62 Å². The fraction of sp³-hybridized carbons (Fsp3) is 0.625. The van der Waals surface area contributed by atoms with Crippen LogP contribution in [0.1, 0.15) is 32.6 Å². The first kappa shape index (κ1) is 17.2. The zero-order valence-corrected chi connectivity index (χ0v) is 14.1. The van der Waals surface area contributed by atoms with Gasteiger partial charge in [0.15, 0.2) is 0 Å². The molecule has 1 aliphatic heterocycles. The van der Waals surface area contributed by atoms with Gasteiger partial charge in [0.2, 0.25) is 10.0 Å². The van der Waals surface area contributed by atoms with E-state index in [4.69, 9.17) is 4.74 Å². The molecule has 1 saturated heterocycles. The second-order valence-electron chi connectivity index (χ2n) is 5.53. The van der Waals surface area contributed by atoms with Gasteiger partial charge in [0.1, 0.15) is 5.75 Å². The molecular formula is C16H26N2O3S. The van der Waals surface area contributed by atoms with E-state index in [0.29, 0.717) is 31.1 Å². The van der Waals surface area contributed by atoms with Crippen LogP contribution in [0, 0.1) is 0 Å². The van der Waals surface area contributed by atoms with Gasteiger partial charge in [-0.1, -0.05) is 19.8 Å². The topological polar surface area (TPSA) is 58.6 Å². The maximum absolute atomic E-state index is 12.6. The molecule has 0 atom stereocenters. The molecule has 0 aromatic heterocycles. The lowest BCUT2D eigenvalue weighted by molar-refractivity contribution is 0.306. The zero-order valence-electron chi connectivity index (χ0n) is 13.3. The van der Waals surface area contributed by atoms with Gasteiger partial charge in [0.25, 0.3) is 0 Å². The van der Waals surface area contributed by atoms with E-state index in [1.807, 2.05) is 0 Å². The van der Waals surface area contributed by atoms with E-state index in [1.165, 1.54) is 0 Å². The predicted octanol–water partition coefficient (Wildman–Crippen LogP) is 2.24. The molecule has 0 bridgehead atoms. The van der Waals surface area contributed by atoms with E-state index in [9.17, 15) is 8.42 Å². The molecule has 1 fully saturated rings. The largest absolute Gasteiger partial charge is 0.494 e. The zero-order chi connectivity index (χ0) is 15.8. The van der Waals surface area contributed by atoms with Crippen molar-refractivity contribution in [1.29, 1.82) is 0 Å². The van der Waals surface area contributed by atoms with Gasteiger partial charge in [-0.05, 0) is 43.7 Å². The molecular weight excluding hydrogens is 300 g/mol. The Hall–Kier alpha value is -1.11. The first-order valence-corrected chi connectivity index (χ1v) is 9.52. The van der Waals surface area contributed by atoms with Crippen LogP contribution in [0.4, 0.5) is 0 Å². The second-order valence-corrected chi connectivity index (χ2v) is 7.47. The van der Waals surface area contributed by atoms with Gasteiger partial charge in [-0.25, -0.2) is 8.42 Å². The Bertz CT molecular complexity index is 535. The SMILES string of the molecule is CCCCCOc1ccc(S(=O)(=O)N2CCCNCC2)cc1. The average Bonchev–Trinajstić information content (AvgIpc) is 2.82. The molecule has 6 heteroatoms. The summed E-state index contributed by atoms with van der Waals surface area (Å²) in [6.45, 7) is 5.51. The second kappa shape index (κ2) is 8.50. The minimum atomic E-state index is -3.39. The molecule has 0 amide bonds. The molecule has 1 aliphatic rings. The van der Waals surface area contributed by atoms with Gasteiger partial charge < -0.3 is 10.1 Å². The number of sulfonamides is 1. The summed E-state index contributed by atoms with van der Waals surface area (Å²) in [5.41, 5.74) is 0. The molecule has 2 rings (SSSR count). The normalized spacial score (nSPS) is 17.1. The first-order valence-electron chi connectivity index (χ1n) is 8.08. The molecule has 0 aliphatic carbocycles. The highest BCUT2D eigenvalue weighted by Gasteiger charge is 2.24. The van der Waals surface area contributed by atoms with E-state index in [1.54, 1.807) is 28.6 Å². The van der Waals surface area contributed by atoms with Crippen molar-refractivity contribution in [3.63, 3.8) is 0 Å². The van der Waals surface area contributed by atoms with E-state index in [-0.39, 0.29) is 0 Å². The number of hydrogen-bond donors (Lipinski definition) is 1. The molecule has 1 N–H and O–H groups in total. The van der Waals surface area contributed by atoms with Crippen LogP contribution in [0.3, 0.4) is 0 Å². The van der Waals surface area contributed by atoms with Gasteiger partial charge >= 0.3 is 0 Å². The van der Waals surface area contributed by atoms with E-state index in [0.717, 1.165) is 38.0 Å². The van der Waals surface area contributed by atoms with Crippen LogP contribution in [-0.2, 0) is 10.0 Å². The number of rotatable bonds is 7. The van der Waals surface area contributed by atoms with Crippen molar-refractivity contribution in [2.24, 2.45) is 0 Å². The molecule has 0 saturated carbocycles. The highest BCUT2D eigenvalue weighted by molar-refractivity contribution is 7.89. The monoisotopic (exact) mass is 326 g/mol. The summed E-state index contributed by atoms with van der Waals surface area (Å²) in [5, 5.41) is 3.22. The van der Waals surface area contributed by atoms with Crippen LogP contribution in [-0.4, -0.2) is 45.5 Å². The van der Waals surface area contributed by atoms with Crippen molar-refractivity contribution in [3.8, 4) is 5.75 Å². The fourth-order valence-corrected chi connectivity index (χ4v) is 3.94. The van der Waals surface area contributed by atoms with Crippen molar-refractivity contribution < 1.29 is 13.2 Å². The third-order valence-corrected chi connectivity index (χ3v) is 5.69. The predicted molar refractivity (Wildman–Crippen MR) is 87.7 cm³/mol. The Labute approximate surface area is 133 Å². The number of hydrogen-bond acceptors (Lipinski definition) is 4. The van der Waals surface area contributed by atoms with Crippen LogP contribution >= 0.6 is 0 Å². The molecule has 0 spiro atoms. The molecule has 0 radical (unpaired) electrons. The number of nitrogens with zero attached hydrogens (tertiary/aromatic N) is 1. The molecule has 1 aromatic rings. The maximum atomic E-state index is 12.6. The van der Waals surface area contributed by atoms with Gasteiger partial charge in [-0.15, -0.1) is 0 Å². The van der Waals surface area contributed by atoms with Gasteiger partial charge in [-0.3, -0.25) is 0 Å². The lowest BCUT2D eigenvalue weighted by Gasteiger charge is -2.19. The fourth-order valence-electron chi connectivity index (χ4n) is 2.46. The number of nitrogens with one attached hydrogen (secondary N) is 1. The Morgan fingerprint density at radius 1 is 1.14 bits per heavy atom. The lowest BCUT2D eigenvalue weighted by Crippen LogP contribution is -2.34. The Morgan fingerprint density at radius 2 is 1.91 bits per heavy atom. The van der Waals surface area contributed by atoms with Crippen LogP contribution in [0.5, 0.6) is 5.75 Å². The minimum Gasteiger partial charge on any atom is -0.494 e. The Kier molecular flexibility index (Phi) is 6.67.